The number of nitro groups is 1. The van der Waals surface area contributed by atoms with E-state index in [0.29, 0.717) is 18.7 Å². The minimum atomic E-state index is -0.629. The maximum absolute atomic E-state index is 12.2. The van der Waals surface area contributed by atoms with E-state index in [0.717, 1.165) is 24.8 Å². The number of piperazine rings is 1. The summed E-state index contributed by atoms with van der Waals surface area (Å²) in [5, 5.41) is 10.8. The number of non-ortho nitro benzene ring substituents is 1. The first kappa shape index (κ1) is 21.9. The number of hydrogen-bond acceptors (Lipinski definition) is 7. The van der Waals surface area contributed by atoms with Crippen LogP contribution in [0.15, 0.2) is 48.5 Å². The third-order valence-corrected chi connectivity index (χ3v) is 5.01. The second kappa shape index (κ2) is 9.81. The minimum Gasteiger partial charge on any atom is -0.369 e. The van der Waals surface area contributed by atoms with Crippen LogP contribution in [0.4, 0.5) is 11.4 Å². The van der Waals surface area contributed by atoms with Crippen LogP contribution in [0.2, 0.25) is 0 Å². The fourth-order valence-corrected chi connectivity index (χ4v) is 3.27. The van der Waals surface area contributed by atoms with Gasteiger partial charge in [-0.25, -0.2) is 0 Å². The molecule has 0 aliphatic carbocycles. The number of carbonyl (C=O) groups excluding carboxylic acids is 3. The summed E-state index contributed by atoms with van der Waals surface area (Å²) < 4.78 is 0. The predicted molar refractivity (Wildman–Crippen MR) is 114 cm³/mol. The van der Waals surface area contributed by atoms with Crippen molar-refractivity contribution >= 4 is 29.0 Å². The lowest BCUT2D eigenvalue weighted by Crippen LogP contribution is -2.52. The van der Waals surface area contributed by atoms with E-state index in [1.165, 1.54) is 25.1 Å². The van der Waals surface area contributed by atoms with Crippen LogP contribution < -0.4 is 15.8 Å². The van der Waals surface area contributed by atoms with Crippen LogP contribution in [0.1, 0.15) is 27.6 Å². The highest BCUT2D eigenvalue weighted by atomic mass is 16.6. The summed E-state index contributed by atoms with van der Waals surface area (Å²) in [6.45, 7) is 4.44. The summed E-state index contributed by atoms with van der Waals surface area (Å²) in [6, 6.07) is 12.7. The molecule has 2 amide bonds. The average molecular weight is 425 g/mol. The standard InChI is InChI=1S/C21H23N5O5/c1-15(27)16-5-7-18(8-6-16)25-11-9-24(10-12-25)14-20(28)22-23-21(29)17-3-2-4-19(13-17)26(30)31/h2-8,13H,9-12,14H2,1H3,(H,22,28)(H,23,29). The fraction of sp³-hybridized carbons (Fsp3) is 0.286. The Morgan fingerprint density at radius 1 is 0.968 bits per heavy atom. The lowest BCUT2D eigenvalue weighted by atomic mass is 10.1. The van der Waals surface area contributed by atoms with Gasteiger partial charge in [-0.2, -0.15) is 0 Å². The number of rotatable bonds is 6. The molecule has 1 aliphatic heterocycles. The molecule has 1 fully saturated rings. The molecule has 2 aromatic rings. The molecule has 0 radical (unpaired) electrons. The molecule has 0 aromatic heterocycles. The molecule has 2 N–H and O–H groups in total. The zero-order valence-corrected chi connectivity index (χ0v) is 17.0. The van der Waals surface area contributed by atoms with Gasteiger partial charge in [-0.05, 0) is 37.3 Å². The number of nitrogens with zero attached hydrogens (tertiary/aromatic N) is 3. The number of anilines is 1. The zero-order valence-electron chi connectivity index (χ0n) is 17.0. The van der Waals surface area contributed by atoms with Crippen molar-refractivity contribution in [2.24, 2.45) is 0 Å². The van der Waals surface area contributed by atoms with Gasteiger partial charge in [0, 0.05) is 55.1 Å². The van der Waals surface area contributed by atoms with Crippen LogP contribution in [0.25, 0.3) is 0 Å². The van der Waals surface area contributed by atoms with Crippen LogP contribution >= 0.6 is 0 Å². The van der Waals surface area contributed by atoms with Gasteiger partial charge in [0.1, 0.15) is 0 Å². The molecule has 162 valence electrons. The Labute approximate surface area is 178 Å². The second-order valence-electron chi connectivity index (χ2n) is 7.18. The first-order valence-electron chi connectivity index (χ1n) is 9.75. The smallest absolute Gasteiger partial charge is 0.270 e. The van der Waals surface area contributed by atoms with E-state index < -0.39 is 10.8 Å². The maximum Gasteiger partial charge on any atom is 0.270 e. The second-order valence-corrected chi connectivity index (χ2v) is 7.18. The Bertz CT molecular complexity index is 984. The number of amides is 2. The number of hydrogen-bond donors (Lipinski definition) is 2. The summed E-state index contributed by atoms with van der Waals surface area (Å²) in [5.41, 5.74) is 6.20. The largest absolute Gasteiger partial charge is 0.369 e. The van der Waals surface area contributed by atoms with E-state index in [4.69, 9.17) is 0 Å². The minimum absolute atomic E-state index is 0.0277. The number of nitrogens with one attached hydrogen (secondary N) is 2. The topological polar surface area (TPSA) is 125 Å². The maximum atomic E-state index is 12.2. The number of hydrazine groups is 1. The van der Waals surface area contributed by atoms with Crippen molar-refractivity contribution in [2.45, 2.75) is 6.92 Å². The molecule has 0 saturated carbocycles. The molecular weight excluding hydrogens is 402 g/mol. The molecule has 2 aromatic carbocycles. The molecular formula is C21H23N5O5. The number of nitro benzene ring substituents is 1. The Morgan fingerprint density at radius 2 is 1.65 bits per heavy atom. The Hall–Kier alpha value is -3.79. The van der Waals surface area contributed by atoms with E-state index in [-0.39, 0.29) is 29.5 Å². The normalized spacial score (nSPS) is 14.0. The van der Waals surface area contributed by atoms with Gasteiger partial charge in [-0.15, -0.1) is 0 Å². The molecule has 10 heteroatoms. The zero-order chi connectivity index (χ0) is 22.4. The molecule has 3 rings (SSSR count). The molecule has 1 aliphatic rings. The van der Waals surface area contributed by atoms with Crippen molar-refractivity contribution in [1.82, 2.24) is 15.8 Å². The summed E-state index contributed by atoms with van der Waals surface area (Å²) in [5.74, 6) is -0.978. The predicted octanol–water partition coefficient (Wildman–Crippen LogP) is 1.38. The molecule has 0 atom stereocenters. The van der Waals surface area contributed by atoms with Gasteiger partial charge in [0.15, 0.2) is 5.78 Å². The van der Waals surface area contributed by atoms with Crippen LogP contribution in [0.5, 0.6) is 0 Å². The Morgan fingerprint density at radius 3 is 2.26 bits per heavy atom. The molecule has 0 spiro atoms. The first-order valence-corrected chi connectivity index (χ1v) is 9.75. The molecule has 10 nitrogen and oxygen atoms in total. The van der Waals surface area contributed by atoms with Crippen molar-refractivity contribution in [1.29, 1.82) is 0 Å². The summed E-state index contributed by atoms with van der Waals surface area (Å²) in [7, 11) is 0. The van der Waals surface area contributed by atoms with Gasteiger partial charge < -0.3 is 4.90 Å². The number of benzene rings is 2. The van der Waals surface area contributed by atoms with Crippen LogP contribution in [-0.4, -0.2) is 60.1 Å². The molecule has 1 heterocycles. The Balaban J connectivity index is 1.43. The van der Waals surface area contributed by atoms with Crippen molar-refractivity contribution in [2.75, 3.05) is 37.6 Å². The van der Waals surface area contributed by atoms with Crippen LogP contribution in [-0.2, 0) is 4.79 Å². The third-order valence-electron chi connectivity index (χ3n) is 5.01. The number of Topliss-reactive ketones (excluding diaryl/α,β-unsaturated/α-hetero) is 1. The molecule has 0 bridgehead atoms. The number of carbonyl (C=O) groups is 3. The molecule has 0 unspecified atom stereocenters. The first-order chi connectivity index (χ1) is 14.8. The van der Waals surface area contributed by atoms with Crippen LogP contribution in [0, 0.1) is 10.1 Å². The lowest BCUT2D eigenvalue weighted by Gasteiger charge is -2.35. The van der Waals surface area contributed by atoms with E-state index in [2.05, 4.69) is 15.8 Å². The van der Waals surface area contributed by atoms with Gasteiger partial charge in [0.25, 0.3) is 17.5 Å². The highest BCUT2D eigenvalue weighted by molar-refractivity contribution is 5.96. The lowest BCUT2D eigenvalue weighted by molar-refractivity contribution is -0.384. The Kier molecular flexibility index (Phi) is 6.93. The fourth-order valence-electron chi connectivity index (χ4n) is 3.27. The van der Waals surface area contributed by atoms with Crippen molar-refractivity contribution in [3.8, 4) is 0 Å². The van der Waals surface area contributed by atoms with Crippen molar-refractivity contribution in [3.63, 3.8) is 0 Å². The summed E-state index contributed by atoms with van der Waals surface area (Å²) in [4.78, 5) is 50.0. The van der Waals surface area contributed by atoms with Gasteiger partial charge in [-0.1, -0.05) is 6.07 Å². The van der Waals surface area contributed by atoms with E-state index in [9.17, 15) is 24.5 Å². The van der Waals surface area contributed by atoms with Gasteiger partial charge in [0.05, 0.1) is 11.5 Å². The van der Waals surface area contributed by atoms with E-state index in [1.807, 2.05) is 29.2 Å². The third kappa shape index (κ3) is 5.86. The monoisotopic (exact) mass is 425 g/mol. The van der Waals surface area contributed by atoms with E-state index >= 15 is 0 Å². The van der Waals surface area contributed by atoms with Crippen LogP contribution in [0.3, 0.4) is 0 Å². The summed E-state index contributed by atoms with van der Waals surface area (Å²) >= 11 is 0. The molecule has 1 saturated heterocycles. The quantitative estimate of drug-likeness (QED) is 0.407. The van der Waals surface area contributed by atoms with Gasteiger partial charge >= 0.3 is 0 Å². The summed E-state index contributed by atoms with van der Waals surface area (Å²) in [6.07, 6.45) is 0. The molecule has 31 heavy (non-hydrogen) atoms. The number of ketones is 1. The van der Waals surface area contributed by atoms with Gasteiger partial charge in [0.2, 0.25) is 0 Å². The van der Waals surface area contributed by atoms with Crippen molar-refractivity contribution in [3.05, 3.63) is 69.8 Å². The average Bonchev–Trinajstić information content (AvgIpc) is 2.78. The highest BCUT2D eigenvalue weighted by Gasteiger charge is 2.20. The van der Waals surface area contributed by atoms with Crippen molar-refractivity contribution < 1.29 is 19.3 Å². The van der Waals surface area contributed by atoms with Gasteiger partial charge in [-0.3, -0.25) is 40.2 Å². The SMILES string of the molecule is CC(=O)c1ccc(N2CCN(CC(=O)NNC(=O)c3cccc([N+](=O)[O-])c3)CC2)cc1. The van der Waals surface area contributed by atoms with E-state index in [1.54, 1.807) is 0 Å². The highest BCUT2D eigenvalue weighted by Crippen LogP contribution is 2.17.